The number of hydrogen-bond donors (Lipinski definition) is 3. The van der Waals surface area contributed by atoms with Gasteiger partial charge >= 0.3 is 0 Å². The van der Waals surface area contributed by atoms with E-state index in [-0.39, 0.29) is 11.7 Å². The smallest absolute Gasteiger partial charge is 0.238 e. The van der Waals surface area contributed by atoms with Gasteiger partial charge in [-0.15, -0.1) is 0 Å². The molecule has 4 aromatic heterocycles. The number of aryl methyl sites for hydroxylation is 1. The molecule has 1 aliphatic rings. The first-order chi connectivity index (χ1) is 20.0. The summed E-state index contributed by atoms with van der Waals surface area (Å²) in [4.78, 5) is 31.8. The summed E-state index contributed by atoms with van der Waals surface area (Å²) in [6, 6.07) is 14.6. The Kier molecular flexibility index (Phi) is 6.24. The predicted octanol–water partition coefficient (Wildman–Crippen LogP) is 5.71. The van der Waals surface area contributed by atoms with E-state index < -0.39 is 0 Å². The molecule has 0 bridgehead atoms. The number of benzene rings is 2. The van der Waals surface area contributed by atoms with Crippen molar-refractivity contribution >= 4 is 33.5 Å². The first kappa shape index (κ1) is 25.0. The van der Waals surface area contributed by atoms with Crippen molar-refractivity contribution in [3.63, 3.8) is 0 Å². The van der Waals surface area contributed by atoms with Gasteiger partial charge in [-0.05, 0) is 86.4 Å². The standard InChI is InChI=1S/C31H27FN8O/c1-18-10-20(12-22(32)11-18)28-30-26(6-7-34-28)36-31(37-30)29-24-14-19(4-5-25(24)38-39-29)21-13-23(16-33-15-21)35-27(41)17-40-8-2-3-9-40/h4-7,10-16H,2-3,8-9,17H2,1H3,(H,35,41)(H,36,37)(H,38,39). The minimum absolute atomic E-state index is 0.0365. The Morgan fingerprint density at radius 2 is 1.85 bits per heavy atom. The number of imidazole rings is 1. The highest BCUT2D eigenvalue weighted by Gasteiger charge is 2.18. The number of likely N-dealkylation sites (tertiary alicyclic amines) is 1. The van der Waals surface area contributed by atoms with E-state index in [0.29, 0.717) is 40.5 Å². The summed E-state index contributed by atoms with van der Waals surface area (Å²) in [7, 11) is 0. The van der Waals surface area contributed by atoms with Gasteiger partial charge in [-0.1, -0.05) is 6.07 Å². The van der Waals surface area contributed by atoms with Gasteiger partial charge in [-0.3, -0.25) is 24.8 Å². The third kappa shape index (κ3) is 4.93. The molecule has 3 N–H and O–H groups in total. The number of fused-ring (bicyclic) bond motifs is 2. The number of anilines is 1. The van der Waals surface area contributed by atoms with Gasteiger partial charge in [0.05, 0.1) is 35.2 Å². The molecule has 5 heterocycles. The quantitative estimate of drug-likeness (QED) is 0.246. The van der Waals surface area contributed by atoms with Crippen molar-refractivity contribution in [2.24, 2.45) is 0 Å². The van der Waals surface area contributed by atoms with Gasteiger partial charge in [0.15, 0.2) is 5.82 Å². The number of rotatable bonds is 6. The molecule has 1 aliphatic heterocycles. The Hall–Kier alpha value is -4.96. The Labute approximate surface area is 234 Å². The zero-order valence-electron chi connectivity index (χ0n) is 22.4. The van der Waals surface area contributed by atoms with E-state index in [4.69, 9.17) is 4.98 Å². The largest absolute Gasteiger partial charge is 0.336 e. The minimum Gasteiger partial charge on any atom is -0.336 e. The summed E-state index contributed by atoms with van der Waals surface area (Å²) in [6.07, 6.45) is 7.40. The van der Waals surface area contributed by atoms with Crippen LogP contribution in [0.5, 0.6) is 0 Å². The van der Waals surface area contributed by atoms with Crippen LogP contribution >= 0.6 is 0 Å². The monoisotopic (exact) mass is 546 g/mol. The summed E-state index contributed by atoms with van der Waals surface area (Å²) in [6.45, 7) is 4.17. The van der Waals surface area contributed by atoms with Crippen molar-refractivity contribution in [3.05, 3.63) is 78.5 Å². The fourth-order valence-corrected chi connectivity index (χ4v) is 5.52. The molecule has 1 saturated heterocycles. The summed E-state index contributed by atoms with van der Waals surface area (Å²) >= 11 is 0. The second-order valence-electron chi connectivity index (χ2n) is 10.5. The zero-order chi connectivity index (χ0) is 27.9. The molecule has 7 rings (SSSR count). The summed E-state index contributed by atoms with van der Waals surface area (Å²) in [5.74, 6) is 0.225. The maximum absolute atomic E-state index is 14.2. The number of pyridine rings is 2. The maximum atomic E-state index is 14.2. The van der Waals surface area contributed by atoms with Crippen molar-refractivity contribution in [3.8, 4) is 33.9 Å². The van der Waals surface area contributed by atoms with Crippen LogP contribution in [-0.4, -0.2) is 60.6 Å². The summed E-state index contributed by atoms with van der Waals surface area (Å²) in [5.41, 5.74) is 7.46. The molecule has 41 heavy (non-hydrogen) atoms. The molecule has 1 amide bonds. The molecule has 0 radical (unpaired) electrons. The molecule has 0 spiro atoms. The number of carbonyl (C=O) groups is 1. The number of halogens is 1. The average Bonchev–Trinajstić information content (AvgIpc) is 3.71. The number of nitrogens with one attached hydrogen (secondary N) is 3. The van der Waals surface area contributed by atoms with E-state index in [0.717, 1.165) is 59.0 Å². The second kappa shape index (κ2) is 10.2. The number of aromatic nitrogens is 6. The number of carbonyl (C=O) groups excluding carboxylic acids is 1. The van der Waals surface area contributed by atoms with Crippen LogP contribution in [0.25, 0.3) is 55.8 Å². The third-order valence-electron chi connectivity index (χ3n) is 7.42. The van der Waals surface area contributed by atoms with Crippen LogP contribution in [0.1, 0.15) is 18.4 Å². The minimum atomic E-state index is -0.315. The topological polar surface area (TPSA) is 115 Å². The van der Waals surface area contributed by atoms with Gasteiger partial charge in [0.25, 0.3) is 0 Å². The predicted molar refractivity (Wildman–Crippen MR) is 157 cm³/mol. The van der Waals surface area contributed by atoms with Crippen LogP contribution in [0.3, 0.4) is 0 Å². The lowest BCUT2D eigenvalue weighted by Gasteiger charge is -2.14. The first-order valence-corrected chi connectivity index (χ1v) is 13.6. The Morgan fingerprint density at radius 1 is 0.976 bits per heavy atom. The molecule has 0 atom stereocenters. The molecule has 204 valence electrons. The van der Waals surface area contributed by atoms with Gasteiger partial charge in [0, 0.05) is 28.9 Å². The molecule has 1 fully saturated rings. The van der Waals surface area contributed by atoms with E-state index in [1.165, 1.54) is 12.1 Å². The summed E-state index contributed by atoms with van der Waals surface area (Å²) < 4.78 is 14.2. The van der Waals surface area contributed by atoms with Crippen molar-refractivity contribution in [2.75, 3.05) is 25.0 Å². The van der Waals surface area contributed by atoms with Crippen LogP contribution in [-0.2, 0) is 4.79 Å². The number of aromatic amines is 2. The van der Waals surface area contributed by atoms with Gasteiger partial charge in [-0.2, -0.15) is 5.10 Å². The lowest BCUT2D eigenvalue weighted by molar-refractivity contribution is -0.117. The van der Waals surface area contributed by atoms with Crippen molar-refractivity contribution in [1.82, 2.24) is 35.0 Å². The van der Waals surface area contributed by atoms with Crippen LogP contribution in [0.2, 0.25) is 0 Å². The van der Waals surface area contributed by atoms with E-state index in [1.54, 1.807) is 18.6 Å². The van der Waals surface area contributed by atoms with Gasteiger partial charge in [0.1, 0.15) is 17.0 Å². The number of amides is 1. The van der Waals surface area contributed by atoms with Crippen molar-refractivity contribution in [2.45, 2.75) is 19.8 Å². The lowest BCUT2D eigenvalue weighted by Crippen LogP contribution is -2.30. The molecule has 0 saturated carbocycles. The summed E-state index contributed by atoms with van der Waals surface area (Å²) in [5, 5.41) is 11.5. The van der Waals surface area contributed by atoms with E-state index in [9.17, 15) is 9.18 Å². The Morgan fingerprint density at radius 3 is 2.71 bits per heavy atom. The molecule has 2 aromatic carbocycles. The fraction of sp³-hybridized carbons (Fsp3) is 0.194. The van der Waals surface area contributed by atoms with E-state index in [2.05, 4.69) is 35.4 Å². The second-order valence-corrected chi connectivity index (χ2v) is 10.5. The highest BCUT2D eigenvalue weighted by atomic mass is 19.1. The van der Waals surface area contributed by atoms with E-state index >= 15 is 0 Å². The van der Waals surface area contributed by atoms with Crippen molar-refractivity contribution < 1.29 is 9.18 Å². The van der Waals surface area contributed by atoms with Crippen LogP contribution in [0.15, 0.2) is 67.1 Å². The van der Waals surface area contributed by atoms with E-state index in [1.807, 2.05) is 43.3 Å². The maximum Gasteiger partial charge on any atom is 0.238 e. The van der Waals surface area contributed by atoms with Gasteiger partial charge in [0.2, 0.25) is 5.91 Å². The molecule has 0 aliphatic carbocycles. The van der Waals surface area contributed by atoms with Crippen LogP contribution < -0.4 is 5.32 Å². The normalized spacial score (nSPS) is 13.8. The van der Waals surface area contributed by atoms with Gasteiger partial charge < -0.3 is 10.3 Å². The van der Waals surface area contributed by atoms with Crippen LogP contribution in [0.4, 0.5) is 10.1 Å². The average molecular weight is 547 g/mol. The molecular formula is C31H27FN8O. The first-order valence-electron chi connectivity index (χ1n) is 13.6. The fourth-order valence-electron chi connectivity index (χ4n) is 5.52. The Bertz CT molecular complexity index is 1900. The molecular weight excluding hydrogens is 519 g/mol. The molecule has 0 unspecified atom stereocenters. The van der Waals surface area contributed by atoms with Crippen molar-refractivity contribution in [1.29, 1.82) is 0 Å². The highest BCUT2D eigenvalue weighted by molar-refractivity contribution is 5.98. The number of H-pyrrole nitrogens is 2. The zero-order valence-corrected chi connectivity index (χ0v) is 22.4. The van der Waals surface area contributed by atoms with Crippen LogP contribution in [0, 0.1) is 12.7 Å². The molecule has 6 aromatic rings. The molecule has 9 nitrogen and oxygen atoms in total. The SMILES string of the molecule is Cc1cc(F)cc(-c2nccc3[nH]c(-c4n[nH]c5ccc(-c6cncc(NC(=O)CN7CCCC7)c6)cc45)nc23)c1. The molecule has 10 heteroatoms. The lowest BCUT2D eigenvalue weighted by atomic mass is 10.0. The number of hydrogen-bond acceptors (Lipinski definition) is 6. The Balaban J connectivity index is 1.22. The number of nitrogens with zero attached hydrogens (tertiary/aromatic N) is 5. The highest BCUT2D eigenvalue weighted by Crippen LogP contribution is 2.33. The third-order valence-corrected chi connectivity index (χ3v) is 7.42. The van der Waals surface area contributed by atoms with Gasteiger partial charge in [-0.25, -0.2) is 9.37 Å².